The number of nitrogens with one attached hydrogen (secondary N) is 1. The van der Waals surface area contributed by atoms with Gasteiger partial charge in [0.1, 0.15) is 16.5 Å². The van der Waals surface area contributed by atoms with Crippen LogP contribution >= 0.6 is 43.3 Å². The number of carbonyl (C=O) groups excluding carboxylic acids is 1. The molecule has 0 spiro atoms. The molecule has 15 heavy (non-hydrogen) atoms. The first kappa shape index (κ1) is 13.0. The Morgan fingerprint density at radius 3 is 3.13 bits per heavy atom. The second kappa shape index (κ2) is 5.89. The van der Waals surface area contributed by atoms with E-state index in [0.717, 1.165) is 9.99 Å². The van der Waals surface area contributed by atoms with Crippen molar-refractivity contribution in [3.05, 3.63) is 9.78 Å². The quantitative estimate of drug-likeness (QED) is 0.292. The van der Waals surface area contributed by atoms with E-state index in [4.69, 9.17) is 5.73 Å². The lowest BCUT2D eigenvalue weighted by atomic mass is 10.2. The molecule has 84 valence electrons. The Labute approximate surface area is 112 Å². The van der Waals surface area contributed by atoms with E-state index in [1.54, 1.807) is 11.9 Å². The average molecular weight is 434 g/mol. The number of likely N-dealkylation sites (N-methyl/N-ethyl adjacent to an activating group) is 1. The zero-order chi connectivity index (χ0) is 11.4. The van der Waals surface area contributed by atoms with E-state index in [0.29, 0.717) is 5.96 Å². The van der Waals surface area contributed by atoms with Crippen LogP contribution in [-0.4, -0.2) is 38.9 Å². The Balaban J connectivity index is 2.93. The molecule has 0 aliphatic carbocycles. The summed E-state index contributed by atoms with van der Waals surface area (Å²) >= 11 is 1.74. The van der Waals surface area contributed by atoms with Gasteiger partial charge in [0.25, 0.3) is 0 Å². The number of nitrogens with two attached hydrogens (primary N) is 1. The van der Waals surface area contributed by atoms with Gasteiger partial charge >= 0.3 is 0 Å². The highest BCUT2D eigenvalue weighted by Crippen LogP contribution is 2.13. The van der Waals surface area contributed by atoms with Crippen LogP contribution in [0.1, 0.15) is 0 Å². The highest BCUT2D eigenvalue weighted by Gasteiger charge is 2.21. The number of nitrogens with zero attached hydrogens (tertiary/aromatic N) is 2. The van der Waals surface area contributed by atoms with Crippen LogP contribution < -0.4 is 11.1 Å². The summed E-state index contributed by atoms with van der Waals surface area (Å²) in [5.41, 5.74) is 5.72. The summed E-state index contributed by atoms with van der Waals surface area (Å²) in [5.74, 6) is 0.634. The van der Waals surface area contributed by atoms with Crippen LogP contribution in [0.25, 0.3) is 0 Å². The molecule has 0 aromatic heterocycles. The molecule has 0 aromatic rings. The number of guanidine groups is 1. The van der Waals surface area contributed by atoms with Crippen LogP contribution in [0.3, 0.4) is 0 Å². The maximum atomic E-state index is 10.8. The van der Waals surface area contributed by atoms with Crippen molar-refractivity contribution in [1.29, 1.82) is 0 Å². The number of rotatable bonds is 3. The summed E-state index contributed by atoms with van der Waals surface area (Å²) in [7, 11) is 1.80. The van der Waals surface area contributed by atoms with Crippen molar-refractivity contribution in [3.8, 4) is 0 Å². The van der Waals surface area contributed by atoms with E-state index in [2.05, 4.69) is 37.4 Å². The molecule has 5 nitrogen and oxygen atoms in total. The summed E-state index contributed by atoms with van der Waals surface area (Å²) in [5, 5.41) is 3.07. The van der Waals surface area contributed by atoms with Crippen LogP contribution in [0.4, 0.5) is 0 Å². The van der Waals surface area contributed by atoms with Crippen molar-refractivity contribution in [2.75, 3.05) is 7.05 Å². The van der Waals surface area contributed by atoms with Crippen molar-refractivity contribution < 1.29 is 4.79 Å². The number of halogens is 2. The third kappa shape index (κ3) is 3.48. The molecule has 2 atom stereocenters. The zero-order valence-electron chi connectivity index (χ0n) is 8.15. The van der Waals surface area contributed by atoms with Crippen LogP contribution in [0.5, 0.6) is 0 Å². The van der Waals surface area contributed by atoms with Crippen LogP contribution in [-0.2, 0) is 4.79 Å². The molecule has 1 rings (SSSR count). The van der Waals surface area contributed by atoms with Gasteiger partial charge in [0, 0.05) is 7.05 Å². The predicted molar refractivity (Wildman–Crippen MR) is 79.4 cm³/mol. The summed E-state index contributed by atoms with van der Waals surface area (Å²) in [6.07, 6.45) is 2.71. The monoisotopic (exact) mass is 434 g/mol. The van der Waals surface area contributed by atoms with E-state index >= 15 is 0 Å². The van der Waals surface area contributed by atoms with E-state index in [1.807, 2.05) is 6.08 Å². The highest BCUT2D eigenvalue weighted by atomic mass is 127. The first-order valence-corrected chi connectivity index (χ1v) is 7.96. The normalized spacial score (nSPS) is 25.8. The van der Waals surface area contributed by atoms with Crippen LogP contribution in [0, 0.1) is 0 Å². The van der Waals surface area contributed by atoms with Gasteiger partial charge in [-0.2, -0.15) is 0 Å². The molecule has 0 aromatic carbocycles. The molecule has 0 bridgehead atoms. The fraction of sp³-hybridized carbons (Fsp3) is 0.375. The van der Waals surface area contributed by atoms with Crippen LogP contribution in [0.15, 0.2) is 14.8 Å². The van der Waals surface area contributed by atoms with E-state index < -0.39 is 0 Å². The predicted octanol–water partition coefficient (Wildman–Crippen LogP) is 0.366. The number of hydrogen-bond donors (Lipinski definition) is 2. The molecule has 0 fully saturated rings. The van der Waals surface area contributed by atoms with Gasteiger partial charge in [0.2, 0.25) is 5.96 Å². The standard InChI is InChI=1S/C8H12I2N4O/c1-10-7(11)13-8-12-6(9)3-5(4-15)14(8)2/h3-5,7H,1,11H2,2H3,(H,12,13). The third-order valence-electron chi connectivity index (χ3n) is 1.87. The lowest BCUT2D eigenvalue weighted by molar-refractivity contribution is -0.109. The number of alkyl halides is 1. The molecule has 7 heteroatoms. The first-order chi connectivity index (χ1) is 7.08. The van der Waals surface area contributed by atoms with Gasteiger partial charge in [-0.25, -0.2) is 4.99 Å². The molecular formula is C8H12I2N4O. The summed E-state index contributed by atoms with van der Waals surface area (Å²) in [6, 6.07) is -0.271. The van der Waals surface area contributed by atoms with Gasteiger partial charge < -0.3 is 20.7 Å². The third-order valence-corrected chi connectivity index (χ3v) is 3.68. The van der Waals surface area contributed by atoms with Crippen molar-refractivity contribution >= 4 is 60.1 Å². The van der Waals surface area contributed by atoms with Crippen molar-refractivity contribution in [1.82, 2.24) is 10.2 Å². The maximum absolute atomic E-state index is 10.8. The lowest BCUT2D eigenvalue weighted by Gasteiger charge is -2.30. The van der Waals surface area contributed by atoms with Crippen molar-refractivity contribution in [2.45, 2.75) is 10.2 Å². The van der Waals surface area contributed by atoms with Gasteiger partial charge in [0.15, 0.2) is 0 Å². The largest absolute Gasteiger partial charge is 0.332 e. The zero-order valence-corrected chi connectivity index (χ0v) is 12.5. The summed E-state index contributed by atoms with van der Waals surface area (Å²) in [4.78, 5) is 16.8. The summed E-state index contributed by atoms with van der Waals surface area (Å²) < 4.78 is 4.43. The minimum absolute atomic E-state index is 0.233. The Bertz CT molecular complexity index is 329. The Morgan fingerprint density at radius 2 is 2.60 bits per heavy atom. The molecule has 1 aliphatic rings. The van der Waals surface area contributed by atoms with Gasteiger partial charge in [-0.15, -0.1) is 0 Å². The first-order valence-electron chi connectivity index (χ1n) is 4.11. The molecule has 1 heterocycles. The lowest BCUT2D eigenvalue weighted by Crippen LogP contribution is -2.48. The number of hydrogen-bond acceptors (Lipinski definition) is 3. The van der Waals surface area contributed by atoms with E-state index in [1.165, 1.54) is 0 Å². The topological polar surface area (TPSA) is 70.7 Å². The van der Waals surface area contributed by atoms with E-state index in [-0.39, 0.29) is 30.9 Å². The number of aliphatic imine (C=N–C) groups is 1. The van der Waals surface area contributed by atoms with Crippen molar-refractivity contribution in [3.63, 3.8) is 0 Å². The molecular weight excluding hydrogens is 422 g/mol. The van der Waals surface area contributed by atoms with Gasteiger partial charge in [0.05, 0.1) is 3.70 Å². The fourth-order valence-corrected chi connectivity index (χ4v) is 2.12. The Kier molecular flexibility index (Phi) is 5.12. The average Bonchev–Trinajstić information content (AvgIpc) is 2.22. The maximum Gasteiger partial charge on any atom is 0.201 e. The molecule has 3 N–H and O–H groups in total. The molecule has 0 saturated carbocycles. The number of aldehydes is 1. The fourth-order valence-electron chi connectivity index (χ4n) is 1.04. The van der Waals surface area contributed by atoms with Crippen molar-refractivity contribution in [2.24, 2.45) is 10.7 Å². The molecule has 0 radical (unpaired) electrons. The van der Waals surface area contributed by atoms with Gasteiger partial charge in [-0.3, -0.25) is 0 Å². The SMILES string of the molecule is C=IC(N)N=C1NC(I)=CC(C=O)N1C. The minimum atomic E-state index is -0.372. The van der Waals surface area contributed by atoms with Crippen LogP contribution in [0.2, 0.25) is 0 Å². The Hall–Kier alpha value is -0.0300. The summed E-state index contributed by atoms with van der Waals surface area (Å²) in [6.45, 7) is 0. The van der Waals surface area contributed by atoms with Gasteiger partial charge in [-0.05, 0) is 28.7 Å². The molecule has 0 amide bonds. The second-order valence-electron chi connectivity index (χ2n) is 2.86. The minimum Gasteiger partial charge on any atom is -0.332 e. The molecule has 2 unspecified atom stereocenters. The molecule has 0 saturated heterocycles. The molecule has 1 aliphatic heterocycles. The van der Waals surface area contributed by atoms with E-state index in [9.17, 15) is 4.79 Å². The van der Waals surface area contributed by atoms with Gasteiger partial charge in [-0.1, -0.05) is 25.2 Å². The number of carbonyl (C=O) groups is 1. The Morgan fingerprint density at radius 1 is 1.93 bits per heavy atom. The second-order valence-corrected chi connectivity index (χ2v) is 6.18. The smallest absolute Gasteiger partial charge is 0.201 e. The highest BCUT2D eigenvalue weighted by molar-refractivity contribution is 14.2.